The average Bonchev–Trinajstić information content (AvgIpc) is 3.93. The highest BCUT2D eigenvalue weighted by atomic mass is 32.1. The summed E-state index contributed by atoms with van der Waals surface area (Å²) in [6, 6.07) is 76.4. The summed E-state index contributed by atoms with van der Waals surface area (Å²) in [5.74, 6) is 1.82. The van der Waals surface area contributed by atoms with E-state index in [2.05, 4.69) is 150 Å². The summed E-state index contributed by atoms with van der Waals surface area (Å²) >= 11 is 1.83. The number of benzene rings is 9. The minimum atomic E-state index is 0.588. The molecule has 3 aromatic heterocycles. The second-order valence-electron chi connectivity index (χ2n) is 15.6. The third kappa shape index (κ3) is 6.61. The summed E-state index contributed by atoms with van der Waals surface area (Å²) in [5, 5.41) is 4.47. The molecular weight excluding hydrogens is 789 g/mol. The van der Waals surface area contributed by atoms with E-state index in [1.165, 1.54) is 31.3 Å². The Morgan fingerprint density at radius 1 is 0.349 bits per heavy atom. The van der Waals surface area contributed by atoms with Gasteiger partial charge in [-0.25, -0.2) is 15.0 Å². The Balaban J connectivity index is 1.04. The van der Waals surface area contributed by atoms with E-state index in [1.807, 2.05) is 84.1 Å². The molecule has 0 atom stereocenters. The van der Waals surface area contributed by atoms with Crippen LogP contribution in [0.25, 0.3) is 98.5 Å². The van der Waals surface area contributed by atoms with Crippen LogP contribution < -0.4 is 4.90 Å². The summed E-state index contributed by atoms with van der Waals surface area (Å²) in [5.41, 5.74) is 12.0. The minimum absolute atomic E-state index is 0.588. The van der Waals surface area contributed by atoms with Crippen LogP contribution in [0.5, 0.6) is 0 Å². The summed E-state index contributed by atoms with van der Waals surface area (Å²) in [6.07, 6.45) is 0. The molecular formula is C57H36N4OS. The number of hydrogen-bond donors (Lipinski definition) is 0. The van der Waals surface area contributed by atoms with Gasteiger partial charge in [0, 0.05) is 70.6 Å². The van der Waals surface area contributed by atoms with Crippen molar-refractivity contribution < 1.29 is 4.42 Å². The van der Waals surface area contributed by atoms with Crippen molar-refractivity contribution in [3.63, 3.8) is 0 Å². The first kappa shape index (κ1) is 36.6. The van der Waals surface area contributed by atoms with Gasteiger partial charge in [0.15, 0.2) is 17.5 Å². The fourth-order valence-corrected chi connectivity index (χ4v) is 9.90. The molecule has 0 bridgehead atoms. The fourth-order valence-electron chi connectivity index (χ4n) is 8.76. The Labute approximate surface area is 367 Å². The van der Waals surface area contributed by atoms with Gasteiger partial charge in [0.05, 0.1) is 5.69 Å². The Hall–Kier alpha value is -8.19. The van der Waals surface area contributed by atoms with E-state index in [0.29, 0.717) is 17.5 Å². The van der Waals surface area contributed by atoms with Crippen LogP contribution in [0.2, 0.25) is 0 Å². The van der Waals surface area contributed by atoms with E-state index in [1.54, 1.807) is 0 Å². The maximum Gasteiger partial charge on any atom is 0.164 e. The van der Waals surface area contributed by atoms with Crippen molar-refractivity contribution in [3.8, 4) is 56.4 Å². The molecule has 6 heteroatoms. The monoisotopic (exact) mass is 824 g/mol. The van der Waals surface area contributed by atoms with E-state index < -0.39 is 0 Å². The number of nitrogens with zero attached hydrogens (tertiary/aromatic N) is 4. The first-order valence-electron chi connectivity index (χ1n) is 21.0. The Bertz CT molecular complexity index is 3580. The highest BCUT2D eigenvalue weighted by Crippen LogP contribution is 2.46. The molecule has 0 spiro atoms. The number of thiophene rings is 1. The molecule has 0 saturated carbocycles. The zero-order chi connectivity index (χ0) is 41.7. The van der Waals surface area contributed by atoms with Gasteiger partial charge in [-0.2, -0.15) is 0 Å². The molecule has 3 heterocycles. The zero-order valence-corrected chi connectivity index (χ0v) is 34.7. The van der Waals surface area contributed by atoms with Crippen molar-refractivity contribution in [3.05, 3.63) is 218 Å². The van der Waals surface area contributed by atoms with Crippen LogP contribution in [0.3, 0.4) is 0 Å². The Morgan fingerprint density at radius 2 is 0.905 bits per heavy atom. The van der Waals surface area contributed by atoms with Crippen molar-refractivity contribution in [2.24, 2.45) is 0 Å². The van der Waals surface area contributed by atoms with Crippen LogP contribution in [-0.2, 0) is 0 Å². The molecule has 0 aliphatic heterocycles. The van der Waals surface area contributed by atoms with Crippen molar-refractivity contribution in [1.82, 2.24) is 15.0 Å². The first-order chi connectivity index (χ1) is 31.2. The average molecular weight is 825 g/mol. The van der Waals surface area contributed by atoms with E-state index in [-0.39, 0.29) is 0 Å². The fraction of sp³-hybridized carbons (Fsp3) is 0. The predicted octanol–water partition coefficient (Wildman–Crippen LogP) is 15.9. The number of hydrogen-bond acceptors (Lipinski definition) is 6. The third-order valence-corrected chi connectivity index (χ3v) is 12.9. The highest BCUT2D eigenvalue weighted by Gasteiger charge is 2.22. The van der Waals surface area contributed by atoms with E-state index in [9.17, 15) is 0 Å². The number of anilines is 3. The standard InChI is InChI=1S/C57H36N4OS/c1-4-16-37(17-5-1)40-22-14-23-41(34-40)44-24-10-12-27-49(44)61(43-30-32-46-45-25-11-13-29-52(45)63-53(46)36-43)42-31-33-47-51(35-42)62-50-28-15-26-48(54(47)50)57-59-55(38-18-6-2-7-19-38)58-56(60-57)39-20-8-3-9-21-39/h1-36H. The molecule has 0 unspecified atom stereocenters. The first-order valence-corrected chi connectivity index (χ1v) is 21.8. The van der Waals surface area contributed by atoms with Crippen LogP contribution in [0, 0.1) is 0 Å². The lowest BCUT2D eigenvalue weighted by Gasteiger charge is -2.28. The second kappa shape index (κ2) is 15.4. The molecule has 0 aliphatic rings. The molecule has 0 saturated heterocycles. The van der Waals surface area contributed by atoms with Gasteiger partial charge in [-0.15, -0.1) is 11.3 Å². The third-order valence-electron chi connectivity index (χ3n) is 11.7. The van der Waals surface area contributed by atoms with Gasteiger partial charge in [0.2, 0.25) is 0 Å². The van der Waals surface area contributed by atoms with Gasteiger partial charge in [0.1, 0.15) is 11.2 Å². The van der Waals surface area contributed by atoms with Gasteiger partial charge < -0.3 is 9.32 Å². The van der Waals surface area contributed by atoms with Crippen LogP contribution >= 0.6 is 11.3 Å². The lowest BCUT2D eigenvalue weighted by atomic mass is 9.97. The largest absolute Gasteiger partial charge is 0.456 e. The normalized spacial score (nSPS) is 11.5. The number of furan rings is 1. The molecule has 0 amide bonds. The lowest BCUT2D eigenvalue weighted by molar-refractivity contribution is 0.669. The maximum atomic E-state index is 6.80. The molecule has 12 rings (SSSR count). The zero-order valence-electron chi connectivity index (χ0n) is 33.9. The quantitative estimate of drug-likeness (QED) is 0.153. The Kier molecular flexibility index (Phi) is 8.94. The lowest BCUT2D eigenvalue weighted by Crippen LogP contribution is -2.11. The smallest absolute Gasteiger partial charge is 0.164 e. The highest BCUT2D eigenvalue weighted by molar-refractivity contribution is 7.25. The van der Waals surface area contributed by atoms with Gasteiger partial charge in [-0.1, -0.05) is 164 Å². The van der Waals surface area contributed by atoms with Gasteiger partial charge in [0.25, 0.3) is 0 Å². The molecule has 0 radical (unpaired) electrons. The van der Waals surface area contributed by atoms with E-state index >= 15 is 0 Å². The van der Waals surface area contributed by atoms with Crippen LogP contribution in [0.4, 0.5) is 17.1 Å². The van der Waals surface area contributed by atoms with Crippen molar-refractivity contribution in [2.75, 3.05) is 4.90 Å². The molecule has 63 heavy (non-hydrogen) atoms. The topological polar surface area (TPSA) is 55.1 Å². The van der Waals surface area contributed by atoms with E-state index in [0.717, 1.165) is 66.8 Å². The number of para-hydroxylation sites is 1. The van der Waals surface area contributed by atoms with Crippen LogP contribution in [0.15, 0.2) is 223 Å². The Morgan fingerprint density at radius 3 is 1.67 bits per heavy atom. The van der Waals surface area contributed by atoms with Gasteiger partial charge >= 0.3 is 0 Å². The van der Waals surface area contributed by atoms with Crippen molar-refractivity contribution >= 4 is 70.5 Å². The summed E-state index contributed by atoms with van der Waals surface area (Å²) in [4.78, 5) is 17.5. The number of rotatable bonds is 8. The van der Waals surface area contributed by atoms with Crippen molar-refractivity contribution in [2.45, 2.75) is 0 Å². The summed E-state index contributed by atoms with van der Waals surface area (Å²) in [7, 11) is 0. The molecule has 0 aliphatic carbocycles. The van der Waals surface area contributed by atoms with Crippen molar-refractivity contribution in [1.29, 1.82) is 0 Å². The van der Waals surface area contributed by atoms with Gasteiger partial charge in [-0.05, 0) is 65.2 Å². The SMILES string of the molecule is c1ccc(-c2cccc(-c3ccccc3N(c3ccc4c(c3)oc3cccc(-c5nc(-c6ccccc6)nc(-c6ccccc6)n5)c34)c3ccc4c(c3)sc3ccccc34)c2)cc1. The maximum absolute atomic E-state index is 6.80. The van der Waals surface area contributed by atoms with Crippen LogP contribution in [0.1, 0.15) is 0 Å². The number of aromatic nitrogens is 3. The van der Waals surface area contributed by atoms with E-state index in [4.69, 9.17) is 19.4 Å². The number of fused-ring (bicyclic) bond motifs is 6. The molecule has 5 nitrogen and oxygen atoms in total. The predicted molar refractivity (Wildman–Crippen MR) is 262 cm³/mol. The second-order valence-corrected chi connectivity index (χ2v) is 16.7. The van der Waals surface area contributed by atoms with Gasteiger partial charge in [-0.3, -0.25) is 0 Å². The molecule has 0 fully saturated rings. The molecule has 12 aromatic rings. The van der Waals surface area contributed by atoms with Crippen LogP contribution in [-0.4, -0.2) is 15.0 Å². The molecule has 9 aromatic carbocycles. The molecule has 0 N–H and O–H groups in total. The summed E-state index contributed by atoms with van der Waals surface area (Å²) in [6.45, 7) is 0. The molecule has 296 valence electrons. The minimum Gasteiger partial charge on any atom is -0.456 e. The summed E-state index contributed by atoms with van der Waals surface area (Å²) < 4.78 is 9.31.